The van der Waals surface area contributed by atoms with Crippen LogP contribution in [0.1, 0.15) is 33.5 Å². The number of hydrogen-bond donors (Lipinski definition) is 0. The van der Waals surface area contributed by atoms with Crippen LogP contribution in [0.4, 0.5) is 0 Å². The van der Waals surface area contributed by atoms with Crippen LogP contribution in [0.15, 0.2) is 131 Å². The lowest BCUT2D eigenvalue weighted by molar-refractivity contribution is 0.0970. The van der Waals surface area contributed by atoms with Crippen molar-refractivity contribution in [2.24, 2.45) is 4.99 Å². The maximum atomic E-state index is 13.4. The molecule has 4 aromatic carbocycles. The highest BCUT2D eigenvalue weighted by molar-refractivity contribution is 8.05. The summed E-state index contributed by atoms with van der Waals surface area (Å²) in [7, 11) is 0. The van der Waals surface area contributed by atoms with Gasteiger partial charge in [0.2, 0.25) is 0 Å². The average Bonchev–Trinajstić information content (AvgIpc) is 3.25. The molecule has 2 nitrogen and oxygen atoms in total. The predicted octanol–water partition coefficient (Wildman–Crippen LogP) is 7.39. The van der Waals surface area contributed by atoms with Gasteiger partial charge in [0.15, 0.2) is 5.78 Å². The van der Waals surface area contributed by atoms with E-state index in [1.807, 2.05) is 84.9 Å². The summed E-state index contributed by atoms with van der Waals surface area (Å²) in [5.41, 5.74) is 4.84. The SMILES string of the molecule is O=C(CC1(c2ccccc2)N=C(c2ccccc2)/C(=C/c2ccccc2)S1)c1ccccc1. The molecule has 1 heterocycles. The third-order valence-corrected chi connectivity index (χ3v) is 7.01. The van der Waals surface area contributed by atoms with Gasteiger partial charge in [0.05, 0.1) is 12.1 Å². The molecule has 0 amide bonds. The van der Waals surface area contributed by atoms with Crippen LogP contribution in [-0.4, -0.2) is 11.5 Å². The number of nitrogens with zero attached hydrogens (tertiary/aromatic N) is 1. The van der Waals surface area contributed by atoms with Gasteiger partial charge in [-0.3, -0.25) is 9.79 Å². The lowest BCUT2D eigenvalue weighted by Gasteiger charge is -2.25. The molecule has 4 aromatic rings. The molecule has 1 unspecified atom stereocenters. The molecule has 0 aromatic heterocycles. The van der Waals surface area contributed by atoms with Crippen molar-refractivity contribution in [3.8, 4) is 0 Å². The summed E-state index contributed by atoms with van der Waals surface area (Å²) in [6.45, 7) is 0. The van der Waals surface area contributed by atoms with Crippen LogP contribution in [0.2, 0.25) is 0 Å². The van der Waals surface area contributed by atoms with Crippen molar-refractivity contribution >= 4 is 29.3 Å². The summed E-state index contributed by atoms with van der Waals surface area (Å²) < 4.78 is 0. The van der Waals surface area contributed by atoms with Crippen LogP contribution in [0.25, 0.3) is 6.08 Å². The van der Waals surface area contributed by atoms with Gasteiger partial charge in [0.25, 0.3) is 0 Å². The van der Waals surface area contributed by atoms with Crippen molar-refractivity contribution in [1.29, 1.82) is 0 Å². The molecule has 0 N–H and O–H groups in total. The van der Waals surface area contributed by atoms with Gasteiger partial charge in [0, 0.05) is 16.0 Å². The van der Waals surface area contributed by atoms with Crippen molar-refractivity contribution in [1.82, 2.24) is 0 Å². The highest BCUT2D eigenvalue weighted by atomic mass is 32.2. The van der Waals surface area contributed by atoms with E-state index in [1.54, 1.807) is 11.8 Å². The van der Waals surface area contributed by atoms with Gasteiger partial charge < -0.3 is 0 Å². The number of ketones is 1. The Hall–Kier alpha value is -3.69. The number of rotatable bonds is 6. The molecular weight excluding hydrogens is 422 g/mol. The fraction of sp³-hybridized carbons (Fsp3) is 0.0667. The molecule has 1 atom stereocenters. The summed E-state index contributed by atoms with van der Waals surface area (Å²) in [4.78, 5) is 19.0. The molecule has 3 heteroatoms. The van der Waals surface area contributed by atoms with Crippen molar-refractivity contribution in [2.45, 2.75) is 11.3 Å². The minimum atomic E-state index is -0.722. The Kier molecular flexibility index (Phi) is 6.05. The van der Waals surface area contributed by atoms with E-state index in [0.29, 0.717) is 5.56 Å². The third-order valence-electron chi connectivity index (χ3n) is 5.67. The van der Waals surface area contributed by atoms with Crippen LogP contribution >= 0.6 is 11.8 Å². The Bertz CT molecular complexity index is 1300. The number of allylic oxidation sites excluding steroid dienone is 1. The normalized spacial score (nSPS) is 18.8. The summed E-state index contributed by atoms with van der Waals surface area (Å²) in [6, 6.07) is 40.2. The number of thioether (sulfide) groups is 1. The van der Waals surface area contributed by atoms with Crippen LogP contribution < -0.4 is 0 Å². The fourth-order valence-corrected chi connectivity index (χ4v) is 5.45. The second kappa shape index (κ2) is 9.43. The molecule has 33 heavy (non-hydrogen) atoms. The third kappa shape index (κ3) is 4.59. The summed E-state index contributed by atoms with van der Waals surface area (Å²) in [5.74, 6) is 0.0871. The van der Waals surface area contributed by atoms with Crippen molar-refractivity contribution < 1.29 is 4.79 Å². The number of carbonyl (C=O) groups excluding carboxylic acids is 1. The fourth-order valence-electron chi connectivity index (χ4n) is 4.03. The number of benzene rings is 4. The van der Waals surface area contributed by atoms with E-state index < -0.39 is 4.87 Å². The Morgan fingerprint density at radius 1 is 0.727 bits per heavy atom. The van der Waals surface area contributed by atoms with Gasteiger partial charge in [-0.2, -0.15) is 0 Å². The molecule has 0 spiro atoms. The van der Waals surface area contributed by atoms with E-state index in [-0.39, 0.29) is 12.2 Å². The second-order valence-corrected chi connectivity index (χ2v) is 9.28. The summed E-state index contributed by atoms with van der Waals surface area (Å²) in [5, 5.41) is 0. The first-order chi connectivity index (χ1) is 16.2. The standard InChI is InChI=1S/C30H23NOS/c32-27(24-15-7-2-8-16-24)22-30(26-19-11-4-12-20-26)31-29(25-17-9-3-10-18-25)28(33-30)21-23-13-5-1-6-14-23/h1-21H,22H2/b28-21-. The smallest absolute Gasteiger partial charge is 0.166 e. The van der Waals surface area contributed by atoms with Crippen molar-refractivity contribution in [3.63, 3.8) is 0 Å². The van der Waals surface area contributed by atoms with E-state index in [9.17, 15) is 4.79 Å². The number of hydrogen-bond acceptors (Lipinski definition) is 3. The van der Waals surface area contributed by atoms with Gasteiger partial charge in [-0.15, -0.1) is 0 Å². The molecule has 1 aliphatic rings. The van der Waals surface area contributed by atoms with Gasteiger partial charge in [-0.05, 0) is 17.2 Å². The van der Waals surface area contributed by atoms with Gasteiger partial charge in [-0.1, -0.05) is 133 Å². The highest BCUT2D eigenvalue weighted by Gasteiger charge is 2.42. The lowest BCUT2D eigenvalue weighted by atomic mass is 9.97. The Balaban J connectivity index is 1.64. The molecule has 0 saturated carbocycles. The molecule has 0 bridgehead atoms. The molecule has 0 fully saturated rings. The Morgan fingerprint density at radius 3 is 1.91 bits per heavy atom. The predicted molar refractivity (Wildman–Crippen MR) is 138 cm³/mol. The Labute approximate surface area is 198 Å². The first-order valence-electron chi connectivity index (χ1n) is 11.0. The lowest BCUT2D eigenvalue weighted by Crippen LogP contribution is -2.22. The summed E-state index contributed by atoms with van der Waals surface area (Å²) >= 11 is 1.67. The van der Waals surface area contributed by atoms with Crippen molar-refractivity contribution in [2.75, 3.05) is 0 Å². The summed E-state index contributed by atoms with van der Waals surface area (Å²) in [6.07, 6.45) is 2.46. The zero-order valence-electron chi connectivity index (χ0n) is 18.1. The zero-order chi connectivity index (χ0) is 22.5. The number of Topliss-reactive ketones (excluding diaryl/α,β-unsaturated/α-hetero) is 1. The maximum Gasteiger partial charge on any atom is 0.166 e. The molecule has 0 radical (unpaired) electrons. The quantitative estimate of drug-likeness (QED) is 0.290. The van der Waals surface area contributed by atoms with Crippen LogP contribution in [0, 0.1) is 0 Å². The van der Waals surface area contributed by atoms with Crippen LogP contribution in [0.3, 0.4) is 0 Å². The maximum absolute atomic E-state index is 13.4. The molecule has 0 aliphatic carbocycles. The van der Waals surface area contributed by atoms with E-state index in [2.05, 4.69) is 42.5 Å². The molecule has 5 rings (SSSR count). The van der Waals surface area contributed by atoms with E-state index >= 15 is 0 Å². The average molecular weight is 446 g/mol. The molecule has 160 valence electrons. The van der Waals surface area contributed by atoms with Gasteiger partial charge in [0.1, 0.15) is 4.87 Å². The van der Waals surface area contributed by atoms with Gasteiger partial charge in [-0.25, -0.2) is 0 Å². The van der Waals surface area contributed by atoms with E-state index in [1.165, 1.54) is 0 Å². The second-order valence-electron chi connectivity index (χ2n) is 7.96. The van der Waals surface area contributed by atoms with Crippen LogP contribution in [0.5, 0.6) is 0 Å². The topological polar surface area (TPSA) is 29.4 Å². The van der Waals surface area contributed by atoms with Crippen LogP contribution in [-0.2, 0) is 4.87 Å². The van der Waals surface area contributed by atoms with Crippen molar-refractivity contribution in [3.05, 3.63) is 148 Å². The largest absolute Gasteiger partial charge is 0.294 e. The van der Waals surface area contributed by atoms with Gasteiger partial charge >= 0.3 is 0 Å². The number of carbonyl (C=O) groups is 1. The Morgan fingerprint density at radius 2 is 1.27 bits per heavy atom. The molecule has 1 aliphatic heterocycles. The van der Waals surface area contributed by atoms with E-state index in [0.717, 1.165) is 27.3 Å². The minimum Gasteiger partial charge on any atom is -0.294 e. The molecule has 0 saturated heterocycles. The minimum absolute atomic E-state index is 0.0871. The first kappa shape index (κ1) is 21.2. The zero-order valence-corrected chi connectivity index (χ0v) is 18.9. The highest BCUT2D eigenvalue weighted by Crippen LogP contribution is 2.52. The number of aliphatic imine (C=N–C) groups is 1. The monoisotopic (exact) mass is 445 g/mol. The first-order valence-corrected chi connectivity index (χ1v) is 11.8. The molecular formula is C30H23NOS. The van der Waals surface area contributed by atoms with E-state index in [4.69, 9.17) is 4.99 Å².